The zero-order valence-corrected chi connectivity index (χ0v) is 14.6. The molecule has 2 nitrogen and oxygen atoms in total. The van der Waals surface area contributed by atoms with Crippen molar-refractivity contribution in [1.29, 1.82) is 0 Å². The first kappa shape index (κ1) is 18.2. The van der Waals surface area contributed by atoms with Crippen molar-refractivity contribution in [3.8, 4) is 0 Å². The molecule has 126 valence electrons. The molecule has 2 aromatic rings. The molecule has 0 aliphatic heterocycles. The molecule has 0 fully saturated rings. The number of benzene rings is 1. The van der Waals surface area contributed by atoms with Crippen molar-refractivity contribution in [3.05, 3.63) is 58.3 Å². The lowest BCUT2D eigenvalue weighted by Crippen LogP contribution is -2.57. The van der Waals surface area contributed by atoms with Crippen LogP contribution in [0.2, 0.25) is 0 Å². The van der Waals surface area contributed by atoms with E-state index in [1.54, 1.807) is 50.4 Å². The van der Waals surface area contributed by atoms with Gasteiger partial charge in [-0.25, -0.2) is 8.93 Å². The molecule has 7 heteroatoms. The Hall–Kier alpha value is -1.18. The lowest BCUT2D eigenvalue weighted by atomic mass is 9.88. The van der Waals surface area contributed by atoms with Crippen molar-refractivity contribution in [1.82, 2.24) is 4.72 Å². The average Bonchev–Trinajstić information content (AvgIpc) is 2.97. The Balaban J connectivity index is 2.69. The van der Waals surface area contributed by atoms with Gasteiger partial charge in [-0.1, -0.05) is 36.4 Å². The summed E-state index contributed by atoms with van der Waals surface area (Å²) in [5, 5.41) is 1.58. The maximum absolute atomic E-state index is 14.2. The quantitative estimate of drug-likeness (QED) is 0.847. The van der Waals surface area contributed by atoms with Gasteiger partial charge in [0.2, 0.25) is 0 Å². The van der Waals surface area contributed by atoms with E-state index in [0.29, 0.717) is 0 Å². The van der Waals surface area contributed by atoms with Gasteiger partial charge in [0.25, 0.3) is 0 Å². The molecule has 2 rings (SSSR count). The number of rotatable bonds is 4. The highest BCUT2D eigenvalue weighted by Gasteiger charge is 2.59. The van der Waals surface area contributed by atoms with Gasteiger partial charge in [0, 0.05) is 4.88 Å². The molecule has 1 N–H and O–H groups in total. The van der Waals surface area contributed by atoms with E-state index in [4.69, 9.17) is 0 Å². The van der Waals surface area contributed by atoms with Crippen molar-refractivity contribution in [2.24, 2.45) is 0 Å². The molecular weight excluding hydrogens is 343 g/mol. The Labute approximate surface area is 140 Å². The Kier molecular flexibility index (Phi) is 5.03. The molecule has 0 radical (unpaired) electrons. The summed E-state index contributed by atoms with van der Waals surface area (Å²) in [5.41, 5.74) is -2.48. The molecule has 0 spiro atoms. The number of nitrogens with one attached hydrogen (secondary N) is 1. The Morgan fingerprint density at radius 1 is 1.00 bits per heavy atom. The van der Waals surface area contributed by atoms with Crippen LogP contribution in [-0.2, 0) is 16.5 Å². The Morgan fingerprint density at radius 3 is 2.04 bits per heavy atom. The second-order valence-electron chi connectivity index (χ2n) is 6.07. The van der Waals surface area contributed by atoms with E-state index in [2.05, 4.69) is 4.72 Å². The van der Waals surface area contributed by atoms with Crippen LogP contribution in [0.5, 0.6) is 0 Å². The fourth-order valence-corrected chi connectivity index (χ4v) is 4.00. The second kappa shape index (κ2) is 6.37. The lowest BCUT2D eigenvalue weighted by Gasteiger charge is -2.37. The third-order valence-corrected chi connectivity index (χ3v) is 5.92. The lowest BCUT2D eigenvalue weighted by molar-refractivity contribution is -0.180. The number of halogens is 3. The van der Waals surface area contributed by atoms with Gasteiger partial charge >= 0.3 is 6.18 Å². The predicted molar refractivity (Wildman–Crippen MR) is 88.6 cm³/mol. The molecular formula is C16H18F3NOS2. The van der Waals surface area contributed by atoms with E-state index >= 15 is 0 Å². The molecule has 0 saturated heterocycles. The second-order valence-corrected chi connectivity index (χ2v) is 8.99. The largest absolute Gasteiger partial charge is 0.416 e. The van der Waals surface area contributed by atoms with Gasteiger partial charge in [0.05, 0.1) is 15.7 Å². The number of thiophene rings is 1. The fraction of sp³-hybridized carbons (Fsp3) is 0.375. The van der Waals surface area contributed by atoms with Crippen LogP contribution < -0.4 is 4.72 Å². The van der Waals surface area contributed by atoms with Gasteiger partial charge in [-0.15, -0.1) is 11.3 Å². The van der Waals surface area contributed by atoms with Gasteiger partial charge in [-0.3, -0.25) is 0 Å². The minimum atomic E-state index is -4.65. The molecule has 0 bridgehead atoms. The number of alkyl halides is 3. The smallest absolute Gasteiger partial charge is 0.242 e. The van der Waals surface area contributed by atoms with E-state index in [0.717, 1.165) is 11.3 Å². The SMILES string of the molecule is CC(C)(C)S(=O)N[C@](c1ccccc1)(c1cccs1)C(F)(F)F. The summed E-state index contributed by atoms with van der Waals surface area (Å²) >= 11 is 0.987. The molecule has 1 unspecified atom stereocenters. The molecule has 1 aromatic carbocycles. The van der Waals surface area contributed by atoms with Crippen molar-refractivity contribution < 1.29 is 17.4 Å². The monoisotopic (exact) mass is 361 g/mol. The van der Waals surface area contributed by atoms with Crippen LogP contribution in [0.1, 0.15) is 31.2 Å². The molecule has 0 amide bonds. The molecule has 0 saturated carbocycles. The van der Waals surface area contributed by atoms with Crippen molar-refractivity contribution in [3.63, 3.8) is 0 Å². The number of hydrogen-bond donors (Lipinski definition) is 1. The van der Waals surface area contributed by atoms with E-state index in [1.807, 2.05) is 0 Å². The average molecular weight is 361 g/mol. The highest BCUT2D eigenvalue weighted by atomic mass is 32.2. The molecule has 1 aromatic heterocycles. The van der Waals surface area contributed by atoms with Crippen LogP contribution in [0.15, 0.2) is 47.8 Å². The zero-order chi connectivity index (χ0) is 17.3. The van der Waals surface area contributed by atoms with E-state index in [9.17, 15) is 17.4 Å². The standard InChI is InChI=1S/C16H18F3NOS2/c1-14(2,3)23(21)20-15(16(17,18)19,13-10-7-11-22-13)12-8-5-4-6-9-12/h4-11,20H,1-3H3/t15-,23?/m1/s1. The van der Waals surface area contributed by atoms with Gasteiger partial charge in [-0.05, 0) is 37.8 Å². The van der Waals surface area contributed by atoms with Gasteiger partial charge in [0.1, 0.15) is 0 Å². The summed E-state index contributed by atoms with van der Waals surface area (Å²) in [5.74, 6) is 0. The van der Waals surface area contributed by atoms with Crippen LogP contribution in [0, 0.1) is 0 Å². The summed E-state index contributed by atoms with van der Waals surface area (Å²) in [4.78, 5) is 0.0637. The molecule has 1 heterocycles. The van der Waals surface area contributed by atoms with E-state index in [1.165, 1.54) is 18.2 Å². The highest BCUT2D eigenvalue weighted by Crippen LogP contribution is 2.46. The van der Waals surface area contributed by atoms with Gasteiger partial charge in [0.15, 0.2) is 5.54 Å². The summed E-state index contributed by atoms with van der Waals surface area (Å²) in [6.07, 6.45) is -4.65. The first-order valence-corrected chi connectivity index (χ1v) is 8.98. The fourth-order valence-electron chi connectivity index (χ4n) is 2.08. The molecule has 23 heavy (non-hydrogen) atoms. The van der Waals surface area contributed by atoms with Gasteiger partial charge < -0.3 is 0 Å². The van der Waals surface area contributed by atoms with Crippen molar-refractivity contribution in [2.75, 3.05) is 0 Å². The summed E-state index contributed by atoms with van der Waals surface area (Å²) in [6, 6.07) is 10.5. The first-order valence-electron chi connectivity index (χ1n) is 6.95. The maximum Gasteiger partial charge on any atom is 0.416 e. The van der Waals surface area contributed by atoms with Gasteiger partial charge in [-0.2, -0.15) is 13.2 Å². The van der Waals surface area contributed by atoms with Crippen molar-refractivity contribution >= 4 is 22.3 Å². The third-order valence-electron chi connectivity index (χ3n) is 3.32. The molecule has 0 aliphatic rings. The maximum atomic E-state index is 14.2. The van der Waals surface area contributed by atoms with Crippen LogP contribution in [-0.4, -0.2) is 15.1 Å². The Morgan fingerprint density at radius 2 is 1.61 bits per heavy atom. The molecule has 2 atom stereocenters. The topological polar surface area (TPSA) is 29.1 Å². The van der Waals surface area contributed by atoms with Crippen LogP contribution in [0.3, 0.4) is 0 Å². The summed E-state index contributed by atoms with van der Waals surface area (Å²) in [7, 11) is -1.90. The predicted octanol–water partition coefficient (Wildman–Crippen LogP) is 4.61. The molecule has 0 aliphatic carbocycles. The normalized spacial score (nSPS) is 16.8. The van der Waals surface area contributed by atoms with Crippen molar-refractivity contribution in [2.45, 2.75) is 37.2 Å². The van der Waals surface area contributed by atoms with Crippen LogP contribution in [0.4, 0.5) is 13.2 Å². The van der Waals surface area contributed by atoms with Crippen LogP contribution in [0.25, 0.3) is 0 Å². The Bertz CT molecular complexity index is 663. The first-order chi connectivity index (χ1) is 10.6. The summed E-state index contributed by atoms with van der Waals surface area (Å²) < 4.78 is 56.6. The summed E-state index contributed by atoms with van der Waals surface area (Å²) in [6.45, 7) is 4.91. The minimum absolute atomic E-state index is 0.0209. The van der Waals surface area contributed by atoms with E-state index < -0.39 is 27.4 Å². The zero-order valence-electron chi connectivity index (χ0n) is 13.0. The van der Waals surface area contributed by atoms with Crippen LogP contribution >= 0.6 is 11.3 Å². The highest BCUT2D eigenvalue weighted by molar-refractivity contribution is 7.84. The number of hydrogen-bond acceptors (Lipinski definition) is 2. The third kappa shape index (κ3) is 3.51. The van der Waals surface area contributed by atoms with E-state index in [-0.39, 0.29) is 10.4 Å². The minimum Gasteiger partial charge on any atom is -0.242 e.